The van der Waals surface area contributed by atoms with Crippen molar-refractivity contribution in [1.29, 1.82) is 0 Å². The standard InChI is InChI=1S/C15H22N4O2S/c1-2-4-11-9-12(21)19-14(17-11)22-13(18-19)16-10-15(7-8-20)5-3-6-15/h9,20H,2-8,10H2,1H3,(H,16,18). The number of fused-ring (bicyclic) bond motifs is 1. The highest BCUT2D eigenvalue weighted by Gasteiger charge is 2.36. The largest absolute Gasteiger partial charge is 0.396 e. The fourth-order valence-corrected chi connectivity index (χ4v) is 3.82. The van der Waals surface area contributed by atoms with Gasteiger partial charge in [0.15, 0.2) is 0 Å². The Morgan fingerprint density at radius 2 is 2.32 bits per heavy atom. The number of aliphatic hydroxyl groups is 1. The molecule has 1 aliphatic rings. The summed E-state index contributed by atoms with van der Waals surface area (Å²) >= 11 is 1.41. The lowest BCUT2D eigenvalue weighted by molar-refractivity contribution is 0.102. The molecule has 0 atom stereocenters. The van der Waals surface area contributed by atoms with E-state index in [0.717, 1.165) is 49.5 Å². The van der Waals surface area contributed by atoms with Crippen LogP contribution in [-0.4, -0.2) is 32.9 Å². The van der Waals surface area contributed by atoms with Gasteiger partial charge in [0, 0.05) is 24.9 Å². The third-order valence-electron chi connectivity index (χ3n) is 4.48. The second kappa shape index (κ2) is 6.34. The van der Waals surface area contributed by atoms with Crippen molar-refractivity contribution in [3.63, 3.8) is 0 Å². The molecule has 3 rings (SSSR count). The Hall–Kier alpha value is -1.47. The molecule has 6 nitrogen and oxygen atoms in total. The number of hydrogen-bond donors (Lipinski definition) is 2. The van der Waals surface area contributed by atoms with Crippen molar-refractivity contribution in [2.24, 2.45) is 5.41 Å². The van der Waals surface area contributed by atoms with Crippen LogP contribution in [0.4, 0.5) is 5.13 Å². The second-order valence-corrected chi connectivity index (χ2v) is 7.07. The van der Waals surface area contributed by atoms with Gasteiger partial charge in [-0.05, 0) is 31.1 Å². The average Bonchev–Trinajstić information content (AvgIpc) is 2.85. The van der Waals surface area contributed by atoms with Crippen LogP contribution in [0.3, 0.4) is 0 Å². The van der Waals surface area contributed by atoms with Crippen LogP contribution in [0.15, 0.2) is 10.9 Å². The molecule has 0 amide bonds. The SMILES string of the molecule is CCCc1cc(=O)n2nc(NCC3(CCO)CCC3)sc2n1. The smallest absolute Gasteiger partial charge is 0.275 e. The van der Waals surface area contributed by atoms with E-state index < -0.39 is 0 Å². The van der Waals surface area contributed by atoms with Crippen molar-refractivity contribution >= 4 is 21.4 Å². The summed E-state index contributed by atoms with van der Waals surface area (Å²) in [7, 11) is 0. The zero-order valence-corrected chi connectivity index (χ0v) is 13.7. The maximum absolute atomic E-state index is 12.1. The van der Waals surface area contributed by atoms with E-state index in [2.05, 4.69) is 22.3 Å². The highest BCUT2D eigenvalue weighted by molar-refractivity contribution is 7.20. The molecule has 2 aromatic heterocycles. The first-order valence-electron chi connectivity index (χ1n) is 7.90. The molecule has 2 aromatic rings. The molecule has 0 radical (unpaired) electrons. The van der Waals surface area contributed by atoms with Gasteiger partial charge in [0.25, 0.3) is 5.56 Å². The molecule has 0 aliphatic heterocycles. The molecule has 0 spiro atoms. The van der Waals surface area contributed by atoms with Gasteiger partial charge < -0.3 is 10.4 Å². The normalized spacial score (nSPS) is 16.6. The number of aliphatic hydroxyl groups excluding tert-OH is 1. The van der Waals surface area contributed by atoms with Crippen LogP contribution in [0, 0.1) is 5.41 Å². The van der Waals surface area contributed by atoms with Crippen LogP contribution in [0.5, 0.6) is 0 Å². The van der Waals surface area contributed by atoms with E-state index in [4.69, 9.17) is 0 Å². The van der Waals surface area contributed by atoms with E-state index in [1.54, 1.807) is 6.07 Å². The molecule has 0 saturated heterocycles. The number of aryl methyl sites for hydroxylation is 1. The van der Waals surface area contributed by atoms with E-state index in [1.807, 2.05) is 0 Å². The van der Waals surface area contributed by atoms with Crippen molar-refractivity contribution in [3.8, 4) is 0 Å². The molecule has 0 unspecified atom stereocenters. The highest BCUT2D eigenvalue weighted by atomic mass is 32.1. The fraction of sp³-hybridized carbons (Fsp3) is 0.667. The summed E-state index contributed by atoms with van der Waals surface area (Å²) in [6.45, 7) is 3.09. The summed E-state index contributed by atoms with van der Waals surface area (Å²) in [4.78, 5) is 17.2. The zero-order chi connectivity index (χ0) is 15.6. The summed E-state index contributed by atoms with van der Waals surface area (Å²) < 4.78 is 1.37. The third kappa shape index (κ3) is 3.01. The summed E-state index contributed by atoms with van der Waals surface area (Å²) in [5.74, 6) is 0. The Morgan fingerprint density at radius 1 is 1.50 bits per heavy atom. The first-order chi connectivity index (χ1) is 10.7. The van der Waals surface area contributed by atoms with Crippen molar-refractivity contribution < 1.29 is 5.11 Å². The number of nitrogens with one attached hydrogen (secondary N) is 1. The van der Waals surface area contributed by atoms with Gasteiger partial charge in [0.05, 0.1) is 0 Å². The quantitative estimate of drug-likeness (QED) is 0.816. The van der Waals surface area contributed by atoms with Crippen molar-refractivity contribution in [2.75, 3.05) is 18.5 Å². The van der Waals surface area contributed by atoms with Gasteiger partial charge in [0.1, 0.15) is 0 Å². The predicted octanol–water partition coefficient (Wildman–Crippen LogP) is 2.07. The molecule has 1 fully saturated rings. The number of anilines is 1. The lowest BCUT2D eigenvalue weighted by Gasteiger charge is -2.41. The monoisotopic (exact) mass is 322 g/mol. The van der Waals surface area contributed by atoms with E-state index in [-0.39, 0.29) is 17.6 Å². The first kappa shape index (κ1) is 15.4. The van der Waals surface area contributed by atoms with Gasteiger partial charge in [-0.3, -0.25) is 4.79 Å². The molecular formula is C15H22N4O2S. The van der Waals surface area contributed by atoms with Crippen LogP contribution in [0.25, 0.3) is 4.96 Å². The van der Waals surface area contributed by atoms with Gasteiger partial charge in [0.2, 0.25) is 10.1 Å². The third-order valence-corrected chi connectivity index (χ3v) is 5.34. The minimum absolute atomic E-state index is 0.119. The number of rotatable bonds is 7. The van der Waals surface area contributed by atoms with Gasteiger partial charge >= 0.3 is 0 Å². The van der Waals surface area contributed by atoms with Gasteiger partial charge in [-0.2, -0.15) is 4.52 Å². The van der Waals surface area contributed by atoms with Crippen molar-refractivity contribution in [1.82, 2.24) is 14.6 Å². The maximum atomic E-state index is 12.1. The van der Waals surface area contributed by atoms with Crippen LogP contribution < -0.4 is 10.9 Å². The van der Waals surface area contributed by atoms with E-state index in [1.165, 1.54) is 22.3 Å². The summed E-state index contributed by atoms with van der Waals surface area (Å²) in [6.07, 6.45) is 6.11. The van der Waals surface area contributed by atoms with Crippen LogP contribution in [-0.2, 0) is 6.42 Å². The molecule has 0 aromatic carbocycles. The molecule has 0 bridgehead atoms. The van der Waals surface area contributed by atoms with E-state index in [9.17, 15) is 9.90 Å². The fourth-order valence-electron chi connectivity index (χ4n) is 3.00. The molecule has 120 valence electrons. The van der Waals surface area contributed by atoms with Gasteiger partial charge in [-0.1, -0.05) is 31.1 Å². The second-order valence-electron chi connectivity index (χ2n) is 6.12. The number of nitrogens with zero attached hydrogens (tertiary/aromatic N) is 3. The highest BCUT2D eigenvalue weighted by Crippen LogP contribution is 2.43. The summed E-state index contributed by atoms with van der Waals surface area (Å²) in [6, 6.07) is 1.57. The van der Waals surface area contributed by atoms with Gasteiger partial charge in [-0.25, -0.2) is 4.98 Å². The molecule has 1 saturated carbocycles. The Kier molecular flexibility index (Phi) is 4.44. The van der Waals surface area contributed by atoms with E-state index in [0.29, 0.717) is 4.96 Å². The molecule has 1 aliphatic carbocycles. The van der Waals surface area contributed by atoms with Crippen molar-refractivity contribution in [3.05, 3.63) is 22.1 Å². The molecule has 7 heteroatoms. The van der Waals surface area contributed by atoms with Gasteiger partial charge in [-0.15, -0.1) is 5.10 Å². The van der Waals surface area contributed by atoms with Crippen LogP contribution in [0.2, 0.25) is 0 Å². The molecular weight excluding hydrogens is 300 g/mol. The first-order valence-corrected chi connectivity index (χ1v) is 8.72. The average molecular weight is 322 g/mol. The molecule has 2 heterocycles. The summed E-state index contributed by atoms with van der Waals surface area (Å²) in [5.41, 5.74) is 0.906. The molecule has 2 N–H and O–H groups in total. The topological polar surface area (TPSA) is 79.5 Å². The number of hydrogen-bond acceptors (Lipinski definition) is 6. The zero-order valence-electron chi connectivity index (χ0n) is 12.8. The Bertz CT molecular complexity index is 705. The van der Waals surface area contributed by atoms with E-state index >= 15 is 0 Å². The Labute approximate surface area is 133 Å². The van der Waals surface area contributed by atoms with Crippen LogP contribution in [0.1, 0.15) is 44.7 Å². The minimum Gasteiger partial charge on any atom is -0.396 e. The van der Waals surface area contributed by atoms with Crippen LogP contribution >= 0.6 is 11.3 Å². The molecule has 22 heavy (non-hydrogen) atoms. The predicted molar refractivity (Wildman–Crippen MR) is 87.6 cm³/mol. The maximum Gasteiger partial charge on any atom is 0.275 e. The Morgan fingerprint density at radius 3 is 2.95 bits per heavy atom. The number of aromatic nitrogens is 3. The Balaban J connectivity index is 1.77. The lowest BCUT2D eigenvalue weighted by Crippen LogP contribution is -2.37. The lowest BCUT2D eigenvalue weighted by atomic mass is 9.67. The summed E-state index contributed by atoms with van der Waals surface area (Å²) in [5, 5.41) is 17.6. The van der Waals surface area contributed by atoms with Crippen molar-refractivity contribution in [2.45, 2.75) is 45.4 Å². The minimum atomic E-state index is -0.119.